The summed E-state index contributed by atoms with van der Waals surface area (Å²) in [6.07, 6.45) is 0.0772. The highest BCUT2D eigenvalue weighted by Gasteiger charge is 2.36. The molecule has 0 saturated heterocycles. The Balaban J connectivity index is 1.61. The van der Waals surface area contributed by atoms with E-state index < -0.39 is 22.0 Å². The summed E-state index contributed by atoms with van der Waals surface area (Å²) in [5, 5.41) is 8.75. The highest BCUT2D eigenvalue weighted by atomic mass is 35.5. The summed E-state index contributed by atoms with van der Waals surface area (Å²) in [7, 11) is -3.76. The van der Waals surface area contributed by atoms with E-state index in [0.717, 1.165) is 0 Å². The van der Waals surface area contributed by atoms with E-state index in [0.29, 0.717) is 10.7 Å². The number of carbonyl (C=O) groups excluding carboxylic acids is 2. The Morgan fingerprint density at radius 2 is 1.91 bits per heavy atom. The summed E-state index contributed by atoms with van der Waals surface area (Å²) < 4.78 is 32.1. The Morgan fingerprint density at radius 3 is 2.59 bits per heavy atom. The van der Waals surface area contributed by atoms with Crippen LogP contribution in [0.5, 0.6) is 0 Å². The minimum Gasteiger partial charge on any atom is -0.461 e. The quantitative estimate of drug-likeness (QED) is 0.420. The van der Waals surface area contributed by atoms with E-state index in [9.17, 15) is 18.0 Å². The molecule has 1 unspecified atom stereocenters. The number of hydrazone groups is 1. The maximum Gasteiger partial charge on any atom is 0.354 e. The molecule has 1 heterocycles. The number of anilines is 1. The lowest BCUT2D eigenvalue weighted by molar-refractivity contribution is -0.135. The van der Waals surface area contributed by atoms with Crippen LogP contribution in [0.4, 0.5) is 5.69 Å². The molecule has 32 heavy (non-hydrogen) atoms. The van der Waals surface area contributed by atoms with Crippen molar-refractivity contribution >= 4 is 44.9 Å². The third-order valence-electron chi connectivity index (χ3n) is 4.57. The van der Waals surface area contributed by atoms with Crippen molar-refractivity contribution in [3.63, 3.8) is 0 Å². The van der Waals surface area contributed by atoms with Crippen molar-refractivity contribution in [2.45, 2.75) is 24.3 Å². The number of amides is 1. The van der Waals surface area contributed by atoms with E-state index in [4.69, 9.17) is 16.3 Å². The van der Waals surface area contributed by atoms with Crippen LogP contribution >= 0.6 is 11.6 Å². The van der Waals surface area contributed by atoms with Gasteiger partial charge in [-0.15, -0.1) is 0 Å². The largest absolute Gasteiger partial charge is 0.461 e. The third kappa shape index (κ3) is 5.84. The van der Waals surface area contributed by atoms with Crippen LogP contribution in [0.25, 0.3) is 0 Å². The molecular formula is C21H23ClN4O5S. The van der Waals surface area contributed by atoms with Gasteiger partial charge >= 0.3 is 5.97 Å². The van der Waals surface area contributed by atoms with Crippen LogP contribution in [-0.2, 0) is 24.3 Å². The first-order valence-corrected chi connectivity index (χ1v) is 11.8. The zero-order valence-corrected chi connectivity index (χ0v) is 18.9. The van der Waals surface area contributed by atoms with Crippen LogP contribution in [0.2, 0.25) is 5.02 Å². The van der Waals surface area contributed by atoms with Crippen LogP contribution < -0.4 is 15.0 Å². The van der Waals surface area contributed by atoms with Gasteiger partial charge in [-0.25, -0.2) is 17.9 Å². The topological polar surface area (TPSA) is 117 Å². The molecule has 0 spiro atoms. The average Bonchev–Trinajstić information content (AvgIpc) is 3.23. The number of esters is 1. The lowest BCUT2D eigenvalue weighted by atomic mass is 10.1. The van der Waals surface area contributed by atoms with E-state index in [1.54, 1.807) is 37.3 Å². The predicted octanol–water partition coefficient (Wildman–Crippen LogP) is 1.93. The van der Waals surface area contributed by atoms with E-state index in [1.165, 1.54) is 23.2 Å². The van der Waals surface area contributed by atoms with Gasteiger partial charge in [-0.05, 0) is 37.3 Å². The summed E-state index contributed by atoms with van der Waals surface area (Å²) in [5.41, 5.74) is 0.797. The summed E-state index contributed by atoms with van der Waals surface area (Å²) in [5.74, 6) is -0.961. The first-order chi connectivity index (χ1) is 15.3. The number of hydrogen-bond donors (Lipinski definition) is 2. The van der Waals surface area contributed by atoms with E-state index in [2.05, 4.69) is 15.1 Å². The summed E-state index contributed by atoms with van der Waals surface area (Å²) in [6, 6.07) is 14.1. The Labute approximate surface area is 191 Å². The van der Waals surface area contributed by atoms with Crippen molar-refractivity contribution in [3.8, 4) is 0 Å². The summed E-state index contributed by atoms with van der Waals surface area (Å²) in [4.78, 5) is 25.0. The van der Waals surface area contributed by atoms with Gasteiger partial charge in [-0.2, -0.15) is 5.10 Å². The molecule has 1 aliphatic heterocycles. The first kappa shape index (κ1) is 23.7. The Kier molecular flexibility index (Phi) is 7.84. The van der Waals surface area contributed by atoms with E-state index in [-0.39, 0.29) is 42.6 Å². The van der Waals surface area contributed by atoms with Crippen LogP contribution in [-0.4, -0.2) is 51.7 Å². The molecular weight excluding hydrogens is 456 g/mol. The molecule has 11 heteroatoms. The molecule has 1 amide bonds. The number of halogens is 1. The molecule has 0 saturated carbocycles. The Bertz CT molecular complexity index is 1110. The molecule has 1 atom stereocenters. The molecule has 2 aromatic rings. The van der Waals surface area contributed by atoms with Gasteiger partial charge < -0.3 is 10.1 Å². The molecule has 0 aliphatic carbocycles. The van der Waals surface area contributed by atoms with Crippen molar-refractivity contribution in [1.82, 2.24) is 10.0 Å². The number of benzene rings is 2. The molecule has 3 rings (SSSR count). The zero-order chi connectivity index (χ0) is 23.1. The number of sulfonamides is 1. The highest BCUT2D eigenvalue weighted by Crippen LogP contribution is 2.25. The van der Waals surface area contributed by atoms with Crippen molar-refractivity contribution in [2.75, 3.05) is 24.7 Å². The molecule has 170 valence electrons. The van der Waals surface area contributed by atoms with Crippen molar-refractivity contribution in [1.29, 1.82) is 0 Å². The van der Waals surface area contributed by atoms with Gasteiger partial charge in [0.15, 0.2) is 0 Å². The van der Waals surface area contributed by atoms with Gasteiger partial charge in [0.25, 0.3) is 0 Å². The second-order valence-corrected chi connectivity index (χ2v) is 9.02. The average molecular weight is 479 g/mol. The lowest BCUT2D eigenvalue weighted by Gasteiger charge is -2.22. The summed E-state index contributed by atoms with van der Waals surface area (Å²) in [6.45, 7) is 1.92. The SMILES string of the molecule is CCOC(=O)C1=NN(c2ccccc2)C(C(=O)NCCNS(=O)(=O)c2cccc(Cl)c2)C1. The van der Waals surface area contributed by atoms with E-state index in [1.807, 2.05) is 6.07 Å². The van der Waals surface area contributed by atoms with Crippen LogP contribution in [0.15, 0.2) is 64.6 Å². The minimum absolute atomic E-state index is 0.0236. The Hall–Kier alpha value is -2.95. The van der Waals surface area contributed by atoms with Gasteiger partial charge in [0.05, 0.1) is 17.2 Å². The number of carbonyl (C=O) groups is 2. The van der Waals surface area contributed by atoms with Crippen molar-refractivity contribution in [2.24, 2.45) is 5.10 Å². The van der Waals surface area contributed by atoms with Gasteiger partial charge in [0, 0.05) is 24.5 Å². The van der Waals surface area contributed by atoms with Gasteiger partial charge in [0.1, 0.15) is 11.8 Å². The van der Waals surface area contributed by atoms with Crippen molar-refractivity contribution < 1.29 is 22.7 Å². The predicted molar refractivity (Wildman–Crippen MR) is 121 cm³/mol. The second kappa shape index (κ2) is 10.6. The lowest BCUT2D eigenvalue weighted by Crippen LogP contribution is -2.45. The molecule has 9 nitrogen and oxygen atoms in total. The maximum absolute atomic E-state index is 12.8. The first-order valence-electron chi connectivity index (χ1n) is 9.93. The normalized spacial score (nSPS) is 15.9. The van der Waals surface area contributed by atoms with E-state index >= 15 is 0 Å². The number of nitrogens with one attached hydrogen (secondary N) is 2. The number of para-hydroxylation sites is 1. The van der Waals surface area contributed by atoms with Gasteiger partial charge in [0.2, 0.25) is 15.9 Å². The number of rotatable bonds is 9. The maximum atomic E-state index is 12.8. The molecule has 2 aromatic carbocycles. The van der Waals surface area contributed by atoms with Crippen LogP contribution in [0.1, 0.15) is 13.3 Å². The number of hydrogen-bond acceptors (Lipinski definition) is 7. The van der Waals surface area contributed by atoms with Crippen molar-refractivity contribution in [3.05, 3.63) is 59.6 Å². The standard InChI is InChI=1S/C21H23ClN4O5S/c1-2-31-21(28)18-14-19(26(25-18)16-8-4-3-5-9-16)20(27)23-11-12-24-32(29,30)17-10-6-7-15(22)13-17/h3-10,13,19,24H,2,11-12,14H2,1H3,(H,23,27). The fourth-order valence-electron chi connectivity index (χ4n) is 3.08. The fourth-order valence-corrected chi connectivity index (χ4v) is 4.41. The smallest absolute Gasteiger partial charge is 0.354 e. The van der Waals surface area contributed by atoms with Crippen LogP contribution in [0, 0.1) is 0 Å². The minimum atomic E-state index is -3.76. The second-order valence-electron chi connectivity index (χ2n) is 6.81. The molecule has 0 bridgehead atoms. The fraction of sp³-hybridized carbons (Fsp3) is 0.286. The van der Waals surface area contributed by atoms with Gasteiger partial charge in [-0.3, -0.25) is 9.80 Å². The molecule has 1 aliphatic rings. The number of ether oxygens (including phenoxy) is 1. The van der Waals surface area contributed by atoms with Gasteiger partial charge in [-0.1, -0.05) is 35.9 Å². The van der Waals surface area contributed by atoms with Crippen LogP contribution in [0.3, 0.4) is 0 Å². The highest BCUT2D eigenvalue weighted by molar-refractivity contribution is 7.89. The third-order valence-corrected chi connectivity index (χ3v) is 6.26. The molecule has 2 N–H and O–H groups in total. The molecule has 0 radical (unpaired) electrons. The number of nitrogens with zero attached hydrogens (tertiary/aromatic N) is 2. The molecule has 0 aromatic heterocycles. The zero-order valence-electron chi connectivity index (χ0n) is 17.3. The Morgan fingerprint density at radius 1 is 1.16 bits per heavy atom. The molecule has 0 fully saturated rings. The monoisotopic (exact) mass is 478 g/mol. The summed E-state index contributed by atoms with van der Waals surface area (Å²) >= 11 is 5.85.